The summed E-state index contributed by atoms with van der Waals surface area (Å²) < 4.78 is 5.91. The van der Waals surface area contributed by atoms with Gasteiger partial charge in [0.25, 0.3) is 5.69 Å². The van der Waals surface area contributed by atoms with Crippen molar-refractivity contribution in [1.82, 2.24) is 10.7 Å². The summed E-state index contributed by atoms with van der Waals surface area (Å²) in [6.45, 7) is 4.12. The first-order valence-corrected chi connectivity index (χ1v) is 8.45. The first-order valence-electron chi connectivity index (χ1n) is 8.04. The number of thiocarbonyl (C=S) groups is 1. The van der Waals surface area contributed by atoms with Crippen molar-refractivity contribution in [2.45, 2.75) is 0 Å². The molecule has 0 saturated carbocycles. The Labute approximate surface area is 160 Å². The van der Waals surface area contributed by atoms with E-state index in [2.05, 4.69) is 22.4 Å². The number of hydrogen-bond acceptors (Lipinski definition) is 5. The predicted octanol–water partition coefficient (Wildman–Crippen LogP) is 3.47. The van der Waals surface area contributed by atoms with Gasteiger partial charge in [-0.2, -0.15) is 0 Å². The van der Waals surface area contributed by atoms with Gasteiger partial charge in [-0.15, -0.1) is 11.7 Å². The second-order valence-electron chi connectivity index (χ2n) is 5.53. The van der Waals surface area contributed by atoms with Gasteiger partial charge in [-0.3, -0.25) is 15.5 Å². The van der Waals surface area contributed by atoms with Gasteiger partial charge in [0, 0.05) is 29.6 Å². The number of para-hydroxylation sites is 1. The van der Waals surface area contributed by atoms with Crippen molar-refractivity contribution >= 4 is 34.0 Å². The topological polar surface area (TPSA) is 92.7 Å². The molecule has 0 saturated heterocycles. The van der Waals surface area contributed by atoms with Gasteiger partial charge in [-0.1, -0.05) is 24.3 Å². The SMILES string of the molecule is C=CCNC(=S)N/N=c1/oc2ccccc2cc1-c1ccc([N+](=O)[O-])cc1. The molecule has 0 spiro atoms. The Hall–Kier alpha value is -3.52. The normalized spacial score (nSPS) is 11.2. The van der Waals surface area contributed by atoms with Gasteiger partial charge in [0.1, 0.15) is 5.58 Å². The van der Waals surface area contributed by atoms with E-state index in [1.807, 2.05) is 30.3 Å². The van der Waals surface area contributed by atoms with Gasteiger partial charge in [-0.25, -0.2) is 0 Å². The van der Waals surface area contributed by atoms with Crippen LogP contribution in [0.5, 0.6) is 0 Å². The molecule has 2 N–H and O–H groups in total. The maximum Gasteiger partial charge on any atom is 0.269 e. The lowest BCUT2D eigenvalue weighted by Gasteiger charge is -2.07. The highest BCUT2D eigenvalue weighted by Crippen LogP contribution is 2.23. The molecular weight excluding hydrogens is 364 g/mol. The lowest BCUT2D eigenvalue weighted by molar-refractivity contribution is -0.384. The molecule has 0 aliphatic carbocycles. The molecule has 3 aromatic rings. The van der Waals surface area contributed by atoms with E-state index in [1.165, 1.54) is 12.1 Å². The van der Waals surface area contributed by atoms with Crippen molar-refractivity contribution in [3.05, 3.63) is 82.9 Å². The highest BCUT2D eigenvalue weighted by atomic mass is 32.1. The first kappa shape index (κ1) is 18.3. The summed E-state index contributed by atoms with van der Waals surface area (Å²) in [7, 11) is 0. The minimum absolute atomic E-state index is 0.0166. The molecule has 0 atom stereocenters. The number of fused-ring (bicyclic) bond motifs is 1. The summed E-state index contributed by atoms with van der Waals surface area (Å²) in [5, 5.41) is 19.3. The lowest BCUT2D eigenvalue weighted by atomic mass is 10.1. The predicted molar refractivity (Wildman–Crippen MR) is 108 cm³/mol. The standard InChI is InChI=1S/C19H16N4O3S/c1-2-11-20-19(27)22-21-18-16(12-14-5-3-4-6-17(14)26-18)13-7-9-15(10-8-13)23(24)25/h2-10,12H,1,11H2,(H2,20,22,27)/b21-18+. The molecule has 0 fully saturated rings. The van der Waals surface area contributed by atoms with Gasteiger partial charge < -0.3 is 9.73 Å². The van der Waals surface area contributed by atoms with Crippen LogP contribution in [0, 0.1) is 10.1 Å². The van der Waals surface area contributed by atoms with E-state index in [9.17, 15) is 10.1 Å². The van der Waals surface area contributed by atoms with Crippen molar-refractivity contribution in [2.75, 3.05) is 6.54 Å². The molecule has 0 aliphatic heterocycles. The van der Waals surface area contributed by atoms with Crippen LogP contribution in [0.2, 0.25) is 0 Å². The third-order valence-electron chi connectivity index (χ3n) is 3.71. The molecule has 0 amide bonds. The zero-order valence-corrected chi connectivity index (χ0v) is 15.0. The van der Waals surface area contributed by atoms with E-state index in [1.54, 1.807) is 18.2 Å². The monoisotopic (exact) mass is 380 g/mol. The highest BCUT2D eigenvalue weighted by molar-refractivity contribution is 7.80. The number of non-ortho nitro benzene ring substituents is 1. The Morgan fingerprint density at radius 3 is 2.70 bits per heavy atom. The van der Waals surface area contributed by atoms with Gasteiger partial charge in [0.15, 0.2) is 5.11 Å². The smallest absolute Gasteiger partial charge is 0.269 e. The second-order valence-corrected chi connectivity index (χ2v) is 5.94. The molecule has 7 nitrogen and oxygen atoms in total. The van der Waals surface area contributed by atoms with E-state index in [0.29, 0.717) is 28.4 Å². The summed E-state index contributed by atoms with van der Waals surface area (Å²) in [5.74, 6) is 0. The van der Waals surface area contributed by atoms with E-state index < -0.39 is 4.92 Å². The molecule has 0 radical (unpaired) electrons. The van der Waals surface area contributed by atoms with Gasteiger partial charge in [0.2, 0.25) is 5.55 Å². The highest BCUT2D eigenvalue weighted by Gasteiger charge is 2.10. The molecular formula is C19H16N4O3S. The van der Waals surface area contributed by atoms with Crippen LogP contribution < -0.4 is 16.3 Å². The van der Waals surface area contributed by atoms with Crippen molar-refractivity contribution < 1.29 is 9.34 Å². The Morgan fingerprint density at radius 1 is 1.26 bits per heavy atom. The van der Waals surface area contributed by atoms with Crippen molar-refractivity contribution in [1.29, 1.82) is 0 Å². The zero-order valence-electron chi connectivity index (χ0n) is 14.2. The molecule has 2 aromatic carbocycles. The third-order valence-corrected chi connectivity index (χ3v) is 3.95. The number of hydrogen-bond donors (Lipinski definition) is 2. The van der Waals surface area contributed by atoms with Crippen LogP contribution in [0.3, 0.4) is 0 Å². The fourth-order valence-corrected chi connectivity index (χ4v) is 2.56. The summed E-state index contributed by atoms with van der Waals surface area (Å²) in [6.07, 6.45) is 1.68. The maximum atomic E-state index is 10.9. The zero-order chi connectivity index (χ0) is 19.2. The average Bonchev–Trinajstić information content (AvgIpc) is 2.70. The molecule has 8 heteroatoms. The summed E-state index contributed by atoms with van der Waals surface area (Å²) in [5.41, 5.74) is 5.14. The van der Waals surface area contributed by atoms with Gasteiger partial charge >= 0.3 is 0 Å². The minimum atomic E-state index is -0.439. The molecule has 3 rings (SSSR count). The number of nitrogens with one attached hydrogen (secondary N) is 2. The Kier molecular flexibility index (Phi) is 5.58. The summed E-state index contributed by atoms with van der Waals surface area (Å²) in [4.78, 5) is 10.4. The molecule has 1 heterocycles. The van der Waals surface area contributed by atoms with Crippen LogP contribution in [0.25, 0.3) is 22.1 Å². The molecule has 0 unspecified atom stereocenters. The minimum Gasteiger partial charge on any atom is -0.436 e. The first-order chi connectivity index (χ1) is 13.1. The number of rotatable bonds is 5. The molecule has 1 aromatic heterocycles. The van der Waals surface area contributed by atoms with Crippen molar-refractivity contribution in [2.24, 2.45) is 5.10 Å². The van der Waals surface area contributed by atoms with Crippen LogP contribution >= 0.6 is 12.2 Å². The van der Waals surface area contributed by atoms with Crippen molar-refractivity contribution in [3.63, 3.8) is 0 Å². The Balaban J connectivity index is 2.07. The fourth-order valence-electron chi connectivity index (χ4n) is 2.43. The molecule has 136 valence electrons. The van der Waals surface area contributed by atoms with Crippen LogP contribution in [0.4, 0.5) is 5.69 Å². The number of benzene rings is 2. The van der Waals surface area contributed by atoms with E-state index in [4.69, 9.17) is 16.6 Å². The Morgan fingerprint density at radius 2 is 2.00 bits per heavy atom. The average molecular weight is 380 g/mol. The summed E-state index contributed by atoms with van der Waals surface area (Å²) >= 11 is 5.14. The fraction of sp³-hybridized carbons (Fsp3) is 0.0526. The molecule has 0 bridgehead atoms. The maximum absolute atomic E-state index is 10.9. The second kappa shape index (κ2) is 8.24. The van der Waals surface area contributed by atoms with Crippen molar-refractivity contribution in [3.8, 4) is 11.1 Å². The van der Waals surface area contributed by atoms with Crippen LogP contribution in [0.15, 0.2) is 76.8 Å². The largest absolute Gasteiger partial charge is 0.436 e. The van der Waals surface area contributed by atoms with Gasteiger partial charge in [0.05, 0.1) is 4.92 Å². The van der Waals surface area contributed by atoms with E-state index >= 15 is 0 Å². The number of nitro benzene ring substituents is 1. The Bertz CT molecular complexity index is 1070. The van der Waals surface area contributed by atoms with E-state index in [-0.39, 0.29) is 5.69 Å². The quantitative estimate of drug-likeness (QED) is 0.305. The lowest BCUT2D eigenvalue weighted by Crippen LogP contribution is -2.33. The van der Waals surface area contributed by atoms with Crippen LogP contribution in [-0.4, -0.2) is 16.6 Å². The summed E-state index contributed by atoms with van der Waals surface area (Å²) in [6, 6.07) is 15.6. The third kappa shape index (κ3) is 4.36. The molecule has 27 heavy (non-hydrogen) atoms. The molecule has 0 aliphatic rings. The number of nitrogens with zero attached hydrogens (tertiary/aromatic N) is 2. The van der Waals surface area contributed by atoms with Gasteiger partial charge in [-0.05, 0) is 42.0 Å². The number of nitro groups is 1. The van der Waals surface area contributed by atoms with Crippen LogP contribution in [-0.2, 0) is 0 Å². The van der Waals surface area contributed by atoms with Crippen LogP contribution in [0.1, 0.15) is 0 Å². The van der Waals surface area contributed by atoms with E-state index in [0.717, 1.165) is 10.9 Å².